The predicted molar refractivity (Wildman–Crippen MR) is 84.4 cm³/mol. The lowest BCUT2D eigenvalue weighted by Gasteiger charge is -2.30. The van der Waals surface area contributed by atoms with E-state index in [0.717, 1.165) is 31.5 Å². The lowest BCUT2D eigenvalue weighted by atomic mass is 10.1. The van der Waals surface area contributed by atoms with Gasteiger partial charge in [-0.1, -0.05) is 43.1 Å². The summed E-state index contributed by atoms with van der Waals surface area (Å²) in [5.41, 5.74) is 0.979. The van der Waals surface area contributed by atoms with E-state index >= 15 is 0 Å². The summed E-state index contributed by atoms with van der Waals surface area (Å²) in [5.74, 6) is 0.0515. The summed E-state index contributed by atoms with van der Waals surface area (Å²) in [6.07, 6.45) is 1.66. The minimum absolute atomic E-state index is 0.0515. The summed E-state index contributed by atoms with van der Waals surface area (Å²) in [4.78, 5) is 14.5. The molecule has 1 fully saturated rings. The van der Waals surface area contributed by atoms with Gasteiger partial charge in [0.05, 0.1) is 6.61 Å². The van der Waals surface area contributed by atoms with Crippen molar-refractivity contribution in [3.8, 4) is 0 Å². The number of benzene rings is 1. The van der Waals surface area contributed by atoms with Crippen molar-refractivity contribution in [2.45, 2.75) is 32.4 Å². The summed E-state index contributed by atoms with van der Waals surface area (Å²) in [6, 6.07) is 7.67. The highest BCUT2D eigenvalue weighted by Crippen LogP contribution is 2.18. The Kier molecular flexibility index (Phi) is 6.49. The van der Waals surface area contributed by atoms with E-state index < -0.39 is 0 Å². The second-order valence-corrected chi connectivity index (χ2v) is 5.68. The maximum Gasteiger partial charge on any atom is 0.253 e. The lowest BCUT2D eigenvalue weighted by Crippen LogP contribution is -2.49. The zero-order valence-corrected chi connectivity index (χ0v) is 13.2. The Morgan fingerprint density at radius 2 is 2.29 bits per heavy atom. The number of carbonyl (C=O) groups is 1. The highest BCUT2D eigenvalue weighted by atomic mass is 35.5. The first-order valence-electron chi connectivity index (χ1n) is 7.57. The van der Waals surface area contributed by atoms with Crippen LogP contribution in [0.2, 0.25) is 5.02 Å². The second kappa shape index (κ2) is 8.37. The molecule has 0 bridgehead atoms. The number of nitrogens with one attached hydrogen (secondary N) is 1. The number of morpholine rings is 1. The van der Waals surface area contributed by atoms with Crippen LogP contribution in [0.3, 0.4) is 0 Å². The summed E-state index contributed by atoms with van der Waals surface area (Å²) < 4.78 is 5.58. The Balaban J connectivity index is 2.06. The number of hydrogen-bond donors (Lipinski definition) is 1. The van der Waals surface area contributed by atoms with E-state index in [0.29, 0.717) is 24.7 Å². The molecule has 5 heteroatoms. The van der Waals surface area contributed by atoms with Gasteiger partial charge in [0, 0.05) is 31.2 Å². The fourth-order valence-electron chi connectivity index (χ4n) is 2.38. The minimum atomic E-state index is -0.377. The first-order chi connectivity index (χ1) is 10.2. The molecule has 4 nitrogen and oxygen atoms in total. The molecule has 116 valence electrons. The van der Waals surface area contributed by atoms with Gasteiger partial charge < -0.3 is 15.0 Å². The molecular formula is C16H23ClN2O2. The molecule has 21 heavy (non-hydrogen) atoms. The third-order valence-electron chi connectivity index (χ3n) is 3.62. The largest absolute Gasteiger partial charge is 0.366 e. The van der Waals surface area contributed by atoms with Gasteiger partial charge in [-0.05, 0) is 18.1 Å². The number of nitrogens with zero attached hydrogens (tertiary/aromatic N) is 1. The highest BCUT2D eigenvalue weighted by Gasteiger charge is 2.26. The van der Waals surface area contributed by atoms with Gasteiger partial charge in [0.25, 0.3) is 5.91 Å². The summed E-state index contributed by atoms with van der Waals surface area (Å²) >= 11 is 6.21. The summed E-state index contributed by atoms with van der Waals surface area (Å²) in [7, 11) is 0. The number of amides is 1. The zero-order chi connectivity index (χ0) is 15.1. The zero-order valence-electron chi connectivity index (χ0n) is 12.5. The van der Waals surface area contributed by atoms with Crippen LogP contribution in [0.1, 0.15) is 25.3 Å². The van der Waals surface area contributed by atoms with Gasteiger partial charge in [0.15, 0.2) is 0 Å². The maximum atomic E-state index is 12.6. The van der Waals surface area contributed by atoms with Crippen molar-refractivity contribution in [1.82, 2.24) is 10.2 Å². The molecule has 0 aromatic heterocycles. The normalized spacial score (nSPS) is 18.5. The molecule has 1 aliphatic heterocycles. The Hall–Kier alpha value is -1.10. The van der Waals surface area contributed by atoms with Crippen LogP contribution in [-0.4, -0.2) is 43.2 Å². The van der Waals surface area contributed by atoms with E-state index in [2.05, 4.69) is 12.2 Å². The van der Waals surface area contributed by atoms with Crippen LogP contribution in [0.4, 0.5) is 0 Å². The number of halogens is 1. The Morgan fingerprint density at radius 3 is 2.95 bits per heavy atom. The smallest absolute Gasteiger partial charge is 0.253 e. The van der Waals surface area contributed by atoms with Crippen molar-refractivity contribution in [1.29, 1.82) is 0 Å². The molecule has 0 aliphatic carbocycles. The fraction of sp³-hybridized carbons (Fsp3) is 0.562. The van der Waals surface area contributed by atoms with Crippen molar-refractivity contribution in [2.75, 3.05) is 26.2 Å². The average molecular weight is 311 g/mol. The molecule has 1 aromatic carbocycles. The molecule has 1 aliphatic rings. The second-order valence-electron chi connectivity index (χ2n) is 5.27. The van der Waals surface area contributed by atoms with Crippen molar-refractivity contribution in [3.05, 3.63) is 34.9 Å². The molecule has 0 spiro atoms. The van der Waals surface area contributed by atoms with E-state index in [1.807, 2.05) is 29.2 Å². The van der Waals surface area contributed by atoms with E-state index in [1.54, 1.807) is 0 Å². The molecule has 1 atom stereocenters. The Labute approximate surface area is 131 Å². The third-order valence-corrected chi connectivity index (χ3v) is 3.98. The number of carbonyl (C=O) groups excluding carboxylic acids is 1. The minimum Gasteiger partial charge on any atom is -0.366 e. The predicted octanol–water partition coefficient (Wildman–Crippen LogP) is 2.46. The van der Waals surface area contributed by atoms with Crippen LogP contribution in [0, 0.1) is 0 Å². The first kappa shape index (κ1) is 16.3. The number of unbranched alkanes of at least 4 members (excludes halogenated alkanes) is 1. The molecule has 1 unspecified atom stereocenters. The molecule has 1 amide bonds. The highest BCUT2D eigenvalue weighted by molar-refractivity contribution is 6.31. The first-order valence-corrected chi connectivity index (χ1v) is 7.94. The van der Waals surface area contributed by atoms with E-state index in [4.69, 9.17) is 16.3 Å². The van der Waals surface area contributed by atoms with Crippen molar-refractivity contribution >= 4 is 17.5 Å². The number of rotatable bonds is 6. The van der Waals surface area contributed by atoms with E-state index in [9.17, 15) is 4.79 Å². The molecule has 2 rings (SSSR count). The summed E-state index contributed by atoms with van der Waals surface area (Å²) in [6.45, 7) is 5.38. The van der Waals surface area contributed by atoms with Crippen molar-refractivity contribution < 1.29 is 9.53 Å². The molecular weight excluding hydrogens is 288 g/mol. The number of hydrogen-bond acceptors (Lipinski definition) is 3. The molecule has 0 saturated carbocycles. The van der Waals surface area contributed by atoms with Crippen LogP contribution < -0.4 is 5.32 Å². The SMILES string of the molecule is CCCCN(Cc1ccccc1Cl)C(=O)C1CNCCO1. The van der Waals surface area contributed by atoms with Gasteiger partial charge in [0.2, 0.25) is 0 Å². The third kappa shape index (κ3) is 4.70. The average Bonchev–Trinajstić information content (AvgIpc) is 2.53. The molecule has 1 saturated heterocycles. The number of ether oxygens (including phenoxy) is 1. The standard InChI is InChI=1S/C16H23ClN2O2/c1-2-3-9-19(12-13-6-4-5-7-14(13)17)16(20)15-11-18-8-10-21-15/h4-7,15,18H,2-3,8-12H2,1H3. The monoisotopic (exact) mass is 310 g/mol. The molecule has 0 radical (unpaired) electrons. The Bertz CT molecular complexity index is 461. The van der Waals surface area contributed by atoms with Crippen LogP contribution in [-0.2, 0) is 16.1 Å². The Morgan fingerprint density at radius 1 is 1.48 bits per heavy atom. The van der Waals surface area contributed by atoms with Crippen molar-refractivity contribution in [3.63, 3.8) is 0 Å². The maximum absolute atomic E-state index is 12.6. The summed E-state index contributed by atoms with van der Waals surface area (Å²) in [5, 5.41) is 3.91. The van der Waals surface area contributed by atoms with Crippen molar-refractivity contribution in [2.24, 2.45) is 0 Å². The van der Waals surface area contributed by atoms with Gasteiger partial charge in [-0.2, -0.15) is 0 Å². The fourth-order valence-corrected chi connectivity index (χ4v) is 2.57. The van der Waals surface area contributed by atoms with E-state index in [-0.39, 0.29) is 12.0 Å². The van der Waals surface area contributed by atoms with Gasteiger partial charge in [0.1, 0.15) is 6.10 Å². The van der Waals surface area contributed by atoms with Gasteiger partial charge >= 0.3 is 0 Å². The van der Waals surface area contributed by atoms with Crippen LogP contribution in [0.5, 0.6) is 0 Å². The van der Waals surface area contributed by atoms with Crippen LogP contribution in [0.15, 0.2) is 24.3 Å². The van der Waals surface area contributed by atoms with Gasteiger partial charge in [-0.15, -0.1) is 0 Å². The topological polar surface area (TPSA) is 41.6 Å². The molecule has 1 N–H and O–H groups in total. The van der Waals surface area contributed by atoms with Crippen LogP contribution in [0.25, 0.3) is 0 Å². The quantitative estimate of drug-likeness (QED) is 0.877. The van der Waals surface area contributed by atoms with Gasteiger partial charge in [-0.3, -0.25) is 4.79 Å². The van der Waals surface area contributed by atoms with E-state index in [1.165, 1.54) is 0 Å². The lowest BCUT2D eigenvalue weighted by molar-refractivity contribution is -0.146. The molecule has 1 aromatic rings. The van der Waals surface area contributed by atoms with Gasteiger partial charge in [-0.25, -0.2) is 0 Å². The molecule has 1 heterocycles. The van der Waals surface area contributed by atoms with Crippen LogP contribution >= 0.6 is 11.6 Å².